The molecule has 6 heteroatoms. The lowest BCUT2D eigenvalue weighted by atomic mass is 10.2. The third-order valence-corrected chi connectivity index (χ3v) is 5.88. The fourth-order valence-electron chi connectivity index (χ4n) is 2.66. The van der Waals surface area contributed by atoms with Crippen molar-refractivity contribution in [2.45, 2.75) is 20.0 Å². The van der Waals surface area contributed by atoms with Crippen LogP contribution in [-0.4, -0.2) is 12.5 Å². The summed E-state index contributed by atoms with van der Waals surface area (Å²) >= 11 is 9.51. The summed E-state index contributed by atoms with van der Waals surface area (Å²) in [5.74, 6) is 0.00785. The number of halogens is 1. The second-order valence-electron chi connectivity index (χ2n) is 5.95. The Morgan fingerprint density at radius 1 is 1.08 bits per heavy atom. The van der Waals surface area contributed by atoms with Crippen LogP contribution in [0.5, 0.6) is 0 Å². The largest absolute Gasteiger partial charge is 0.321 e. The Morgan fingerprint density at radius 2 is 1.72 bits per heavy atom. The number of hydrogen-bond acceptors (Lipinski definition) is 3. The lowest BCUT2D eigenvalue weighted by molar-refractivity contribution is -0.918. The highest BCUT2D eigenvalue weighted by molar-refractivity contribution is 7.10. The van der Waals surface area contributed by atoms with Crippen molar-refractivity contribution in [2.24, 2.45) is 0 Å². The van der Waals surface area contributed by atoms with Crippen LogP contribution in [-0.2, 0) is 17.9 Å². The fraction of sp³-hybridized carbons (Fsp3) is 0.211. The first-order valence-electron chi connectivity index (χ1n) is 8.04. The van der Waals surface area contributed by atoms with Gasteiger partial charge in [-0.1, -0.05) is 29.8 Å². The van der Waals surface area contributed by atoms with E-state index in [0.717, 1.165) is 24.3 Å². The molecule has 0 unspecified atom stereocenters. The monoisotopic (exact) mass is 391 g/mol. The molecule has 0 atom stereocenters. The molecule has 2 N–H and O–H groups in total. The third-order valence-electron chi connectivity index (χ3n) is 3.89. The van der Waals surface area contributed by atoms with Crippen LogP contribution in [0.15, 0.2) is 53.2 Å². The van der Waals surface area contributed by atoms with Crippen molar-refractivity contribution >= 4 is 45.9 Å². The van der Waals surface area contributed by atoms with Crippen LogP contribution in [0, 0.1) is 6.92 Å². The molecule has 0 saturated carbocycles. The molecule has 3 rings (SSSR count). The number of rotatable bonds is 7. The van der Waals surface area contributed by atoms with E-state index >= 15 is 0 Å². The lowest BCUT2D eigenvalue weighted by Crippen LogP contribution is -3.10. The predicted octanol–water partition coefficient (Wildman–Crippen LogP) is 4.00. The summed E-state index contributed by atoms with van der Waals surface area (Å²) in [6.07, 6.45) is 0. The highest BCUT2D eigenvalue weighted by atomic mass is 35.5. The Morgan fingerprint density at radius 3 is 2.28 bits per heavy atom. The van der Waals surface area contributed by atoms with Crippen LogP contribution in [0.2, 0.25) is 5.02 Å². The second kappa shape index (κ2) is 8.63. The quantitative estimate of drug-likeness (QED) is 0.627. The van der Waals surface area contributed by atoms with Gasteiger partial charge in [0, 0.05) is 10.7 Å². The minimum atomic E-state index is 0.00785. The molecule has 0 radical (unpaired) electrons. The Labute approximate surface area is 160 Å². The van der Waals surface area contributed by atoms with Gasteiger partial charge in [-0.2, -0.15) is 0 Å². The van der Waals surface area contributed by atoms with E-state index in [1.54, 1.807) is 28.7 Å². The second-order valence-corrected chi connectivity index (χ2v) is 8.45. The minimum Gasteiger partial charge on any atom is -0.321 e. The molecule has 3 nitrogen and oxygen atoms in total. The van der Waals surface area contributed by atoms with Gasteiger partial charge in [-0.15, -0.1) is 22.7 Å². The number of benzene rings is 1. The average molecular weight is 392 g/mol. The van der Waals surface area contributed by atoms with Crippen molar-refractivity contribution in [2.75, 3.05) is 11.9 Å². The smallest absolute Gasteiger partial charge is 0.279 e. The van der Waals surface area contributed by atoms with Gasteiger partial charge in [0.2, 0.25) is 0 Å². The first kappa shape index (κ1) is 18.1. The summed E-state index contributed by atoms with van der Waals surface area (Å²) in [6, 6.07) is 13.9. The fourth-order valence-corrected chi connectivity index (χ4v) is 4.38. The number of hydrogen-bond donors (Lipinski definition) is 2. The molecule has 130 valence electrons. The van der Waals surface area contributed by atoms with Gasteiger partial charge in [-0.3, -0.25) is 4.79 Å². The Hall–Kier alpha value is -1.66. The number of quaternary nitrogens is 1. The normalized spacial score (nSPS) is 11.0. The third kappa shape index (κ3) is 5.41. The number of carbonyl (C=O) groups is 1. The summed E-state index contributed by atoms with van der Waals surface area (Å²) in [5, 5.41) is 7.78. The van der Waals surface area contributed by atoms with E-state index in [1.165, 1.54) is 14.7 Å². The number of thiophene rings is 2. The summed E-state index contributed by atoms with van der Waals surface area (Å²) in [7, 11) is 0. The maximum absolute atomic E-state index is 12.6. The molecule has 0 aliphatic rings. The summed E-state index contributed by atoms with van der Waals surface area (Å²) in [4.78, 5) is 16.4. The Bertz CT molecular complexity index is 780. The summed E-state index contributed by atoms with van der Waals surface area (Å²) < 4.78 is 0. The number of amides is 1. The number of anilines is 1. The molecule has 2 heterocycles. The zero-order valence-corrected chi connectivity index (χ0v) is 16.3. The predicted molar refractivity (Wildman–Crippen MR) is 107 cm³/mol. The Balaban J connectivity index is 1.67. The standard InChI is InChI=1S/C19H19ClN2OS2/c1-14-6-7-15(20)10-18(14)21-19(23)13-22(11-16-4-2-8-24-16)12-17-5-3-9-25-17/h2-10H,11-13H2,1H3,(H,21,23)/p+1. The van der Waals surface area contributed by atoms with Crippen molar-refractivity contribution in [3.05, 3.63) is 73.6 Å². The van der Waals surface area contributed by atoms with Crippen molar-refractivity contribution in [1.82, 2.24) is 0 Å². The molecule has 1 amide bonds. The van der Waals surface area contributed by atoms with Gasteiger partial charge in [0.1, 0.15) is 13.1 Å². The maximum atomic E-state index is 12.6. The van der Waals surface area contributed by atoms with Gasteiger partial charge in [0.25, 0.3) is 5.91 Å². The van der Waals surface area contributed by atoms with Crippen LogP contribution < -0.4 is 10.2 Å². The van der Waals surface area contributed by atoms with Gasteiger partial charge in [-0.05, 0) is 47.5 Å². The molecular formula is C19H20ClN2OS2+. The highest BCUT2D eigenvalue weighted by Gasteiger charge is 2.17. The molecule has 1 aromatic carbocycles. The van der Waals surface area contributed by atoms with Crippen LogP contribution in [0.1, 0.15) is 15.3 Å². The molecule has 3 aromatic rings. The first-order valence-corrected chi connectivity index (χ1v) is 10.2. The number of nitrogens with one attached hydrogen (secondary N) is 2. The molecule has 0 aliphatic carbocycles. The van der Waals surface area contributed by atoms with E-state index in [1.807, 2.05) is 19.1 Å². The zero-order valence-electron chi connectivity index (χ0n) is 13.9. The average Bonchev–Trinajstić information content (AvgIpc) is 3.25. The van der Waals surface area contributed by atoms with Crippen LogP contribution in [0.25, 0.3) is 0 Å². The highest BCUT2D eigenvalue weighted by Crippen LogP contribution is 2.19. The molecular weight excluding hydrogens is 372 g/mol. The topological polar surface area (TPSA) is 33.5 Å². The van der Waals surface area contributed by atoms with Crippen LogP contribution >= 0.6 is 34.3 Å². The maximum Gasteiger partial charge on any atom is 0.279 e. The van der Waals surface area contributed by atoms with E-state index in [-0.39, 0.29) is 5.91 Å². The zero-order chi connectivity index (χ0) is 17.6. The number of carbonyl (C=O) groups excluding carboxylic acids is 1. The van der Waals surface area contributed by atoms with Gasteiger partial charge >= 0.3 is 0 Å². The van der Waals surface area contributed by atoms with Gasteiger partial charge < -0.3 is 10.2 Å². The van der Waals surface area contributed by atoms with Gasteiger partial charge in [-0.25, -0.2) is 0 Å². The molecule has 0 bridgehead atoms. The van der Waals surface area contributed by atoms with Crippen molar-refractivity contribution in [1.29, 1.82) is 0 Å². The first-order chi connectivity index (χ1) is 12.1. The van der Waals surface area contributed by atoms with Crippen LogP contribution in [0.3, 0.4) is 0 Å². The van der Waals surface area contributed by atoms with Gasteiger partial charge in [0.15, 0.2) is 6.54 Å². The molecule has 2 aromatic heterocycles. The lowest BCUT2D eigenvalue weighted by Gasteiger charge is -2.18. The summed E-state index contributed by atoms with van der Waals surface area (Å²) in [5.41, 5.74) is 1.79. The summed E-state index contributed by atoms with van der Waals surface area (Å²) in [6.45, 7) is 4.07. The van der Waals surface area contributed by atoms with E-state index in [4.69, 9.17) is 11.6 Å². The SMILES string of the molecule is Cc1ccc(Cl)cc1NC(=O)C[NH+](Cc1cccs1)Cc1cccs1. The van der Waals surface area contributed by atoms with E-state index in [9.17, 15) is 4.79 Å². The van der Waals surface area contributed by atoms with E-state index in [0.29, 0.717) is 11.6 Å². The number of aryl methyl sites for hydroxylation is 1. The van der Waals surface area contributed by atoms with E-state index in [2.05, 4.69) is 40.3 Å². The molecule has 25 heavy (non-hydrogen) atoms. The molecule has 0 aliphatic heterocycles. The van der Waals surface area contributed by atoms with Crippen LogP contribution in [0.4, 0.5) is 5.69 Å². The van der Waals surface area contributed by atoms with Crippen molar-refractivity contribution < 1.29 is 9.69 Å². The molecule has 0 saturated heterocycles. The molecule has 0 spiro atoms. The van der Waals surface area contributed by atoms with E-state index < -0.39 is 0 Å². The van der Waals surface area contributed by atoms with Gasteiger partial charge in [0.05, 0.1) is 9.75 Å². The molecule has 0 fully saturated rings. The van der Waals surface area contributed by atoms with Crippen molar-refractivity contribution in [3.63, 3.8) is 0 Å². The van der Waals surface area contributed by atoms with Crippen molar-refractivity contribution in [3.8, 4) is 0 Å². The minimum absolute atomic E-state index is 0.00785. The Kier molecular flexibility index (Phi) is 6.26.